The Morgan fingerprint density at radius 2 is 1.85 bits per heavy atom. The molecule has 1 aliphatic heterocycles. The molecule has 0 bridgehead atoms. The van der Waals surface area contributed by atoms with E-state index in [9.17, 15) is 50.2 Å². The first kappa shape index (κ1) is 28.0. The molecule has 2 atom stereocenters. The standard InChI is InChI=1S/C24H19F7N4O4/c1-2-17(23(27,28)24(29,30)31)32-22(39)14-10-34(16-5-3-11(25)7-15(16)26)21-13(20(14)38)4-6-18(33-21)35-9-12(36)8-19(35)37/h3-7,10,12,17,36H,2,8-9H2,1H3,(H,32,39)/t12-,17?/m0/s1. The van der Waals surface area contributed by atoms with E-state index in [2.05, 4.69) is 4.98 Å². The molecule has 2 aromatic heterocycles. The predicted molar refractivity (Wildman–Crippen MR) is 123 cm³/mol. The number of alkyl halides is 5. The molecule has 0 saturated carbocycles. The minimum atomic E-state index is -6.00. The number of aromatic nitrogens is 2. The highest BCUT2D eigenvalue weighted by atomic mass is 19.4. The number of rotatable bonds is 6. The van der Waals surface area contributed by atoms with E-state index in [1.54, 1.807) is 0 Å². The lowest BCUT2D eigenvalue weighted by Gasteiger charge is -2.28. The largest absolute Gasteiger partial charge is 0.455 e. The summed E-state index contributed by atoms with van der Waals surface area (Å²) in [6.07, 6.45) is -7.39. The van der Waals surface area contributed by atoms with Crippen LogP contribution in [0, 0.1) is 11.6 Å². The van der Waals surface area contributed by atoms with Crippen LogP contribution in [0.25, 0.3) is 16.7 Å². The zero-order valence-electron chi connectivity index (χ0n) is 19.9. The van der Waals surface area contributed by atoms with Gasteiger partial charge in [-0.2, -0.15) is 22.0 Å². The van der Waals surface area contributed by atoms with Gasteiger partial charge >= 0.3 is 12.1 Å². The third-order valence-corrected chi connectivity index (χ3v) is 6.16. The molecule has 0 spiro atoms. The molecule has 1 unspecified atom stereocenters. The Kier molecular flexibility index (Phi) is 7.14. The van der Waals surface area contributed by atoms with Gasteiger partial charge in [-0.05, 0) is 30.7 Å². The van der Waals surface area contributed by atoms with Crippen molar-refractivity contribution in [2.45, 2.75) is 44.0 Å². The fourth-order valence-electron chi connectivity index (χ4n) is 4.16. The maximum absolute atomic E-state index is 14.8. The Labute approximate surface area is 214 Å². The Morgan fingerprint density at radius 3 is 2.41 bits per heavy atom. The lowest BCUT2D eigenvalue weighted by atomic mass is 10.1. The average Bonchev–Trinajstić information content (AvgIpc) is 3.19. The fourth-order valence-corrected chi connectivity index (χ4v) is 4.16. The van der Waals surface area contributed by atoms with E-state index in [0.717, 1.165) is 34.6 Å². The number of halogens is 7. The van der Waals surface area contributed by atoms with Gasteiger partial charge in [0, 0.05) is 12.3 Å². The van der Waals surface area contributed by atoms with Crippen LogP contribution in [0.1, 0.15) is 30.1 Å². The second kappa shape index (κ2) is 9.94. The van der Waals surface area contributed by atoms with Crippen LogP contribution < -0.4 is 15.6 Å². The maximum Gasteiger partial charge on any atom is 0.455 e. The van der Waals surface area contributed by atoms with Crippen LogP contribution in [-0.2, 0) is 4.79 Å². The molecule has 2 amide bonds. The van der Waals surface area contributed by atoms with Gasteiger partial charge in [0.05, 0.1) is 30.1 Å². The van der Waals surface area contributed by atoms with E-state index in [1.807, 2.05) is 0 Å². The van der Waals surface area contributed by atoms with Crippen LogP contribution in [-0.4, -0.2) is 57.3 Å². The minimum Gasteiger partial charge on any atom is -0.391 e. The van der Waals surface area contributed by atoms with Crippen molar-refractivity contribution in [3.8, 4) is 5.69 Å². The van der Waals surface area contributed by atoms with E-state index in [1.165, 1.54) is 11.4 Å². The van der Waals surface area contributed by atoms with Gasteiger partial charge in [-0.15, -0.1) is 0 Å². The summed E-state index contributed by atoms with van der Waals surface area (Å²) in [7, 11) is 0. The topological polar surface area (TPSA) is 105 Å². The number of β-amino-alcohol motifs (C(OH)–C–C–N with tert-alkyl or cyclic N) is 1. The number of nitrogens with one attached hydrogen (secondary N) is 1. The van der Waals surface area contributed by atoms with Crippen molar-refractivity contribution in [3.05, 3.63) is 63.9 Å². The van der Waals surface area contributed by atoms with E-state index < -0.39 is 76.2 Å². The van der Waals surface area contributed by atoms with E-state index >= 15 is 0 Å². The molecular formula is C24H19F7N4O4. The second-order valence-corrected chi connectivity index (χ2v) is 8.80. The van der Waals surface area contributed by atoms with Gasteiger partial charge in [0.2, 0.25) is 11.3 Å². The highest BCUT2D eigenvalue weighted by Crippen LogP contribution is 2.39. The Bertz CT molecular complexity index is 1520. The van der Waals surface area contributed by atoms with Gasteiger partial charge in [-0.1, -0.05) is 6.92 Å². The van der Waals surface area contributed by atoms with Crippen molar-refractivity contribution in [1.82, 2.24) is 14.9 Å². The van der Waals surface area contributed by atoms with Crippen molar-refractivity contribution in [2.24, 2.45) is 0 Å². The highest BCUT2D eigenvalue weighted by Gasteiger charge is 2.62. The molecule has 1 aliphatic rings. The van der Waals surface area contributed by atoms with E-state index in [-0.39, 0.29) is 24.4 Å². The number of pyridine rings is 2. The Hall–Kier alpha value is -4.01. The average molecular weight is 560 g/mol. The Morgan fingerprint density at radius 1 is 1.15 bits per heavy atom. The van der Waals surface area contributed by atoms with Gasteiger partial charge < -0.3 is 10.4 Å². The normalized spacial score (nSPS) is 17.1. The van der Waals surface area contributed by atoms with Gasteiger partial charge in [-0.3, -0.25) is 23.9 Å². The molecule has 4 rings (SSSR count). The molecule has 0 aliphatic carbocycles. The second-order valence-electron chi connectivity index (χ2n) is 8.80. The van der Waals surface area contributed by atoms with Crippen LogP contribution in [0.5, 0.6) is 0 Å². The van der Waals surface area contributed by atoms with Crippen molar-refractivity contribution in [1.29, 1.82) is 0 Å². The summed E-state index contributed by atoms with van der Waals surface area (Å²) in [6.45, 7) is 0.831. The molecule has 1 fully saturated rings. The number of nitrogens with zero attached hydrogens (tertiary/aromatic N) is 3. The number of hydrogen-bond donors (Lipinski definition) is 2. The number of aliphatic hydroxyl groups is 1. The summed E-state index contributed by atoms with van der Waals surface area (Å²) in [5, 5.41) is 10.9. The third-order valence-electron chi connectivity index (χ3n) is 6.16. The van der Waals surface area contributed by atoms with Gasteiger partial charge in [0.1, 0.15) is 29.1 Å². The lowest BCUT2D eigenvalue weighted by Crippen LogP contribution is -2.55. The molecular weight excluding hydrogens is 541 g/mol. The molecule has 3 aromatic rings. The summed E-state index contributed by atoms with van der Waals surface area (Å²) in [5.74, 6) is -9.68. The van der Waals surface area contributed by atoms with Crippen LogP contribution in [0.15, 0.2) is 41.3 Å². The smallest absolute Gasteiger partial charge is 0.391 e. The molecule has 15 heteroatoms. The summed E-state index contributed by atoms with van der Waals surface area (Å²) in [4.78, 5) is 43.5. The Balaban J connectivity index is 1.90. The van der Waals surface area contributed by atoms with Crippen molar-refractivity contribution in [2.75, 3.05) is 11.4 Å². The quantitative estimate of drug-likeness (QED) is 0.450. The maximum atomic E-state index is 14.8. The number of carbonyl (C=O) groups is 2. The summed E-state index contributed by atoms with van der Waals surface area (Å²) in [5.41, 5.74) is -2.87. The van der Waals surface area contributed by atoms with Crippen LogP contribution in [0.2, 0.25) is 0 Å². The van der Waals surface area contributed by atoms with E-state index in [4.69, 9.17) is 0 Å². The molecule has 1 saturated heterocycles. The SMILES string of the molecule is CCC(NC(=O)c1cn(-c2ccc(F)cc2F)c2nc(N3C[C@@H](O)CC3=O)ccc2c1=O)C(F)(F)C(F)(F)F. The molecule has 0 radical (unpaired) electrons. The molecule has 1 aromatic carbocycles. The molecule has 208 valence electrons. The fraction of sp³-hybridized carbons (Fsp3) is 0.333. The van der Waals surface area contributed by atoms with Crippen molar-refractivity contribution < 1.29 is 45.4 Å². The summed E-state index contributed by atoms with van der Waals surface area (Å²) in [6, 6.07) is 1.77. The minimum absolute atomic E-state index is 0.0622. The first-order valence-corrected chi connectivity index (χ1v) is 11.4. The molecule has 3 heterocycles. The number of hydrogen-bond acceptors (Lipinski definition) is 5. The molecule has 39 heavy (non-hydrogen) atoms. The van der Waals surface area contributed by atoms with Gasteiger partial charge in [-0.25, -0.2) is 13.8 Å². The first-order valence-electron chi connectivity index (χ1n) is 11.4. The molecule has 8 nitrogen and oxygen atoms in total. The van der Waals surface area contributed by atoms with Crippen LogP contribution in [0.3, 0.4) is 0 Å². The van der Waals surface area contributed by atoms with Crippen molar-refractivity contribution >= 4 is 28.7 Å². The third kappa shape index (κ3) is 5.05. The number of benzene rings is 1. The number of amides is 2. The molecule has 2 N–H and O–H groups in total. The summed E-state index contributed by atoms with van der Waals surface area (Å²) >= 11 is 0. The van der Waals surface area contributed by atoms with Crippen LogP contribution >= 0.6 is 0 Å². The van der Waals surface area contributed by atoms with E-state index in [0.29, 0.717) is 12.3 Å². The number of carbonyl (C=O) groups excluding carboxylic acids is 2. The highest BCUT2D eigenvalue weighted by molar-refractivity contribution is 5.99. The van der Waals surface area contributed by atoms with Gasteiger partial charge in [0.15, 0.2) is 5.65 Å². The number of anilines is 1. The van der Waals surface area contributed by atoms with Crippen molar-refractivity contribution in [3.63, 3.8) is 0 Å². The first-order chi connectivity index (χ1) is 18.2. The number of fused-ring (bicyclic) bond motifs is 1. The van der Waals surface area contributed by atoms with Crippen LogP contribution in [0.4, 0.5) is 36.6 Å². The zero-order valence-corrected chi connectivity index (χ0v) is 19.9. The predicted octanol–water partition coefficient (Wildman–Crippen LogP) is 3.47. The zero-order chi connectivity index (χ0) is 28.9. The number of aliphatic hydroxyl groups excluding tert-OH is 1. The summed E-state index contributed by atoms with van der Waals surface area (Å²) < 4.78 is 95.7. The monoisotopic (exact) mass is 560 g/mol. The van der Waals surface area contributed by atoms with Gasteiger partial charge in [0.25, 0.3) is 5.91 Å². The lowest BCUT2D eigenvalue weighted by molar-refractivity contribution is -0.292.